The third-order valence-corrected chi connectivity index (χ3v) is 5.28. The van der Waals surface area contributed by atoms with E-state index in [9.17, 15) is 21.6 Å². The van der Waals surface area contributed by atoms with Crippen LogP contribution in [0.5, 0.6) is 0 Å². The van der Waals surface area contributed by atoms with E-state index in [1.54, 1.807) is 0 Å². The molecule has 0 radical (unpaired) electrons. The highest BCUT2D eigenvalue weighted by Gasteiger charge is 2.24. The molecular weight excluding hydrogens is 319 g/mol. The van der Waals surface area contributed by atoms with Gasteiger partial charge in [0.05, 0.1) is 5.75 Å². The van der Waals surface area contributed by atoms with Gasteiger partial charge in [-0.05, 0) is 43.4 Å². The molecule has 0 aromatic heterocycles. The molecule has 1 heterocycles. The Kier molecular flexibility index (Phi) is 5.46. The minimum Gasteiger partial charge on any atom is -0.381 e. The molecular formula is C14H18F3NO3S. The maximum atomic E-state index is 13.2. The van der Waals surface area contributed by atoms with Crippen molar-refractivity contribution < 1.29 is 26.3 Å². The number of hydrogen-bond donors (Lipinski definition) is 1. The van der Waals surface area contributed by atoms with E-state index in [1.807, 2.05) is 0 Å². The molecule has 1 fully saturated rings. The summed E-state index contributed by atoms with van der Waals surface area (Å²) in [6, 6.07) is 0.731. The van der Waals surface area contributed by atoms with Gasteiger partial charge in [-0.1, -0.05) is 0 Å². The second-order valence-electron chi connectivity index (χ2n) is 5.48. The van der Waals surface area contributed by atoms with E-state index < -0.39 is 33.5 Å². The summed E-state index contributed by atoms with van der Waals surface area (Å²) in [5.41, 5.74) is 0.0342. The van der Waals surface area contributed by atoms with Crippen LogP contribution in [0.2, 0.25) is 0 Å². The first-order valence-corrected chi connectivity index (χ1v) is 8.66. The van der Waals surface area contributed by atoms with Crippen molar-refractivity contribution >= 4 is 10.0 Å². The molecule has 2 rings (SSSR count). The highest BCUT2D eigenvalue weighted by Crippen LogP contribution is 2.21. The summed E-state index contributed by atoms with van der Waals surface area (Å²) in [7, 11) is -3.61. The topological polar surface area (TPSA) is 55.4 Å². The minimum absolute atomic E-state index is 0.000130. The summed E-state index contributed by atoms with van der Waals surface area (Å²) in [6.07, 6.45) is 1.32. The predicted molar refractivity (Wildman–Crippen MR) is 75.2 cm³/mol. The third kappa shape index (κ3) is 4.44. The lowest BCUT2D eigenvalue weighted by Gasteiger charge is -2.23. The van der Waals surface area contributed by atoms with Gasteiger partial charge in [-0.15, -0.1) is 0 Å². The van der Waals surface area contributed by atoms with Crippen LogP contribution in [0.1, 0.15) is 31.4 Å². The van der Waals surface area contributed by atoms with E-state index >= 15 is 0 Å². The number of rotatable bonds is 5. The molecule has 1 aromatic rings. The van der Waals surface area contributed by atoms with Gasteiger partial charge in [0.2, 0.25) is 10.0 Å². The van der Waals surface area contributed by atoms with E-state index in [0.717, 1.165) is 12.1 Å². The molecule has 4 nitrogen and oxygen atoms in total. The average Bonchev–Trinajstić information content (AvgIpc) is 2.44. The Morgan fingerprint density at radius 3 is 2.32 bits per heavy atom. The van der Waals surface area contributed by atoms with E-state index in [1.165, 1.54) is 6.92 Å². The molecule has 1 aromatic carbocycles. The molecule has 1 saturated heterocycles. The first-order valence-electron chi connectivity index (χ1n) is 7.00. The van der Waals surface area contributed by atoms with Gasteiger partial charge in [-0.3, -0.25) is 0 Å². The number of nitrogens with one attached hydrogen (secondary N) is 1. The second kappa shape index (κ2) is 6.97. The maximum absolute atomic E-state index is 13.2. The van der Waals surface area contributed by atoms with Crippen molar-refractivity contribution in [3.05, 3.63) is 35.1 Å². The molecule has 22 heavy (non-hydrogen) atoms. The molecule has 1 atom stereocenters. The van der Waals surface area contributed by atoms with Gasteiger partial charge in [0.1, 0.15) is 0 Å². The standard InChI is InChI=1S/C14H18F3NO3S/c1-9(11-6-12(15)14(17)13(16)7-11)18-22(19,20)8-10-2-4-21-5-3-10/h6-7,9-10,18H,2-5,8H2,1H3/t9-/m0/s1. The Morgan fingerprint density at radius 2 is 1.77 bits per heavy atom. The van der Waals surface area contributed by atoms with Gasteiger partial charge in [-0.2, -0.15) is 0 Å². The fourth-order valence-corrected chi connectivity index (χ4v) is 4.16. The van der Waals surface area contributed by atoms with Gasteiger partial charge in [-0.25, -0.2) is 26.3 Å². The summed E-state index contributed by atoms with van der Waals surface area (Å²) in [4.78, 5) is 0. The zero-order valence-electron chi connectivity index (χ0n) is 12.1. The third-order valence-electron chi connectivity index (χ3n) is 3.66. The van der Waals surface area contributed by atoms with Crippen molar-refractivity contribution in [2.75, 3.05) is 19.0 Å². The highest BCUT2D eigenvalue weighted by molar-refractivity contribution is 7.89. The lowest BCUT2D eigenvalue weighted by molar-refractivity contribution is 0.0723. The monoisotopic (exact) mass is 337 g/mol. The Bertz CT molecular complexity index is 607. The molecule has 8 heteroatoms. The van der Waals surface area contributed by atoms with Crippen molar-refractivity contribution in [3.8, 4) is 0 Å². The fraction of sp³-hybridized carbons (Fsp3) is 0.571. The van der Waals surface area contributed by atoms with Crippen LogP contribution in [-0.2, 0) is 14.8 Å². The minimum atomic E-state index is -3.61. The Morgan fingerprint density at radius 1 is 1.23 bits per heavy atom. The van der Waals surface area contributed by atoms with Gasteiger partial charge in [0.15, 0.2) is 17.5 Å². The zero-order valence-corrected chi connectivity index (χ0v) is 12.9. The van der Waals surface area contributed by atoms with E-state index in [2.05, 4.69) is 4.72 Å². The quantitative estimate of drug-likeness (QED) is 0.840. The van der Waals surface area contributed by atoms with Crippen LogP contribution in [0.25, 0.3) is 0 Å². The van der Waals surface area contributed by atoms with E-state index in [0.29, 0.717) is 26.1 Å². The number of halogens is 3. The lowest BCUT2D eigenvalue weighted by atomic mass is 10.0. The van der Waals surface area contributed by atoms with Crippen molar-refractivity contribution in [1.82, 2.24) is 4.72 Å². The molecule has 0 saturated carbocycles. The van der Waals surface area contributed by atoms with Crippen molar-refractivity contribution in [3.63, 3.8) is 0 Å². The molecule has 1 aliphatic rings. The predicted octanol–water partition coefficient (Wildman–Crippen LogP) is 2.51. The zero-order chi connectivity index (χ0) is 16.3. The number of benzene rings is 1. The first-order chi connectivity index (χ1) is 10.3. The molecule has 0 unspecified atom stereocenters. The average molecular weight is 337 g/mol. The van der Waals surface area contributed by atoms with Crippen LogP contribution in [0, 0.1) is 23.4 Å². The second-order valence-corrected chi connectivity index (χ2v) is 7.27. The van der Waals surface area contributed by atoms with Gasteiger partial charge in [0.25, 0.3) is 0 Å². The largest absolute Gasteiger partial charge is 0.381 e. The normalized spacial score (nSPS) is 18.4. The van der Waals surface area contributed by atoms with Crippen LogP contribution in [0.3, 0.4) is 0 Å². The molecule has 0 bridgehead atoms. The SMILES string of the molecule is C[C@H](NS(=O)(=O)CC1CCOCC1)c1cc(F)c(F)c(F)c1. The lowest BCUT2D eigenvalue weighted by Crippen LogP contribution is -2.34. The van der Waals surface area contributed by atoms with Crippen LogP contribution in [0.15, 0.2) is 12.1 Å². The number of hydrogen-bond acceptors (Lipinski definition) is 3. The van der Waals surface area contributed by atoms with E-state index in [-0.39, 0.29) is 17.2 Å². The molecule has 1 N–H and O–H groups in total. The van der Waals surface area contributed by atoms with Crippen molar-refractivity contribution in [1.29, 1.82) is 0 Å². The number of sulfonamides is 1. The summed E-state index contributed by atoms with van der Waals surface area (Å²) >= 11 is 0. The Balaban J connectivity index is 2.05. The van der Waals surface area contributed by atoms with Gasteiger partial charge in [0, 0.05) is 19.3 Å². The van der Waals surface area contributed by atoms with Gasteiger partial charge >= 0.3 is 0 Å². The number of ether oxygens (including phenoxy) is 1. The Hall–Kier alpha value is -1.12. The summed E-state index contributed by atoms with van der Waals surface area (Å²) in [5, 5.41) is 0. The molecule has 0 aliphatic carbocycles. The van der Waals surface area contributed by atoms with Crippen LogP contribution in [0.4, 0.5) is 13.2 Å². The molecule has 0 amide bonds. The smallest absolute Gasteiger partial charge is 0.212 e. The molecule has 124 valence electrons. The first kappa shape index (κ1) is 17.2. The molecule has 1 aliphatic heterocycles. The molecule has 0 spiro atoms. The van der Waals surface area contributed by atoms with Crippen LogP contribution < -0.4 is 4.72 Å². The Labute approximate surface area is 127 Å². The van der Waals surface area contributed by atoms with Crippen LogP contribution in [-0.4, -0.2) is 27.4 Å². The summed E-state index contributed by atoms with van der Waals surface area (Å²) in [5.74, 6) is -4.32. The maximum Gasteiger partial charge on any atom is 0.212 e. The van der Waals surface area contributed by atoms with Crippen molar-refractivity contribution in [2.24, 2.45) is 5.92 Å². The van der Waals surface area contributed by atoms with Crippen molar-refractivity contribution in [2.45, 2.75) is 25.8 Å². The van der Waals surface area contributed by atoms with Crippen LogP contribution >= 0.6 is 0 Å². The summed E-state index contributed by atoms with van der Waals surface area (Å²) < 4.78 is 71.1. The highest BCUT2D eigenvalue weighted by atomic mass is 32.2. The summed E-state index contributed by atoms with van der Waals surface area (Å²) in [6.45, 7) is 2.52. The fourth-order valence-electron chi connectivity index (χ4n) is 2.43. The van der Waals surface area contributed by atoms with E-state index in [4.69, 9.17) is 4.74 Å². The van der Waals surface area contributed by atoms with Gasteiger partial charge < -0.3 is 4.74 Å².